The molecule has 0 aromatic carbocycles. The van der Waals surface area contributed by atoms with Crippen LogP contribution in [-0.4, -0.2) is 12.1 Å². The van der Waals surface area contributed by atoms with Gasteiger partial charge < -0.3 is 4.74 Å². The maximum Gasteiger partial charge on any atom is 0.330 e. The number of allylic oxidation sites excluding steroid dienone is 2. The van der Waals surface area contributed by atoms with Crippen molar-refractivity contribution >= 4 is 21.9 Å². The molecule has 12 heavy (non-hydrogen) atoms. The molecule has 0 aliphatic rings. The average Bonchev–Trinajstić information content (AvgIpc) is 2.03. The largest absolute Gasteiger partial charge is 0.455 e. The highest BCUT2D eigenvalue weighted by atomic mass is 79.9. The number of hydrogen-bond donors (Lipinski definition) is 0. The average molecular weight is 231 g/mol. The van der Waals surface area contributed by atoms with Crippen molar-refractivity contribution in [3.05, 3.63) is 35.9 Å². The van der Waals surface area contributed by atoms with E-state index in [0.29, 0.717) is 0 Å². The van der Waals surface area contributed by atoms with Crippen LogP contribution in [0.15, 0.2) is 35.9 Å². The Labute approximate surface area is 80.7 Å². The van der Waals surface area contributed by atoms with Gasteiger partial charge in [-0.1, -0.05) is 35.2 Å². The molecule has 0 aliphatic heterocycles. The van der Waals surface area contributed by atoms with E-state index in [4.69, 9.17) is 4.74 Å². The van der Waals surface area contributed by atoms with Gasteiger partial charge in [0.15, 0.2) is 0 Å². The molecule has 2 nitrogen and oxygen atoms in total. The fourth-order valence-electron chi connectivity index (χ4n) is 0.558. The molecule has 0 aromatic heterocycles. The van der Waals surface area contributed by atoms with Crippen LogP contribution in [-0.2, 0) is 9.53 Å². The fourth-order valence-corrected chi connectivity index (χ4v) is 0.930. The summed E-state index contributed by atoms with van der Waals surface area (Å²) in [6.07, 6.45) is 4.21. The Kier molecular flexibility index (Phi) is 5.37. The Hall–Kier alpha value is -0.830. The van der Waals surface area contributed by atoms with Gasteiger partial charge in [-0.3, -0.25) is 0 Å². The first-order valence-electron chi connectivity index (χ1n) is 3.43. The van der Waals surface area contributed by atoms with Crippen molar-refractivity contribution in [1.29, 1.82) is 0 Å². The summed E-state index contributed by atoms with van der Waals surface area (Å²) < 4.78 is 5.66. The molecule has 0 N–H and O–H groups in total. The topological polar surface area (TPSA) is 26.3 Å². The lowest BCUT2D eigenvalue weighted by molar-refractivity contribution is -0.140. The molecule has 0 fully saturated rings. The Morgan fingerprint density at radius 1 is 1.50 bits per heavy atom. The van der Waals surface area contributed by atoms with E-state index in [1.54, 1.807) is 19.1 Å². The smallest absolute Gasteiger partial charge is 0.330 e. The minimum Gasteiger partial charge on any atom is -0.455 e. The molecule has 0 rings (SSSR count). The quantitative estimate of drug-likeness (QED) is 0.422. The molecule has 3 heteroatoms. The number of carbonyl (C=O) groups is 1. The summed E-state index contributed by atoms with van der Waals surface area (Å²) in [6.45, 7) is 8.58. The Morgan fingerprint density at radius 3 is 2.50 bits per heavy atom. The lowest BCUT2D eigenvalue weighted by atomic mass is 10.3. The van der Waals surface area contributed by atoms with Crippen molar-refractivity contribution in [2.24, 2.45) is 0 Å². The Morgan fingerprint density at radius 2 is 2.08 bits per heavy atom. The number of rotatable bonds is 4. The first-order valence-corrected chi connectivity index (χ1v) is 4.22. The first-order chi connectivity index (χ1) is 5.60. The zero-order valence-corrected chi connectivity index (χ0v) is 8.50. The van der Waals surface area contributed by atoms with Gasteiger partial charge in [0.1, 0.15) is 6.10 Å². The van der Waals surface area contributed by atoms with Gasteiger partial charge in [0.25, 0.3) is 0 Å². The third kappa shape index (κ3) is 4.91. The normalized spacial score (nSPS) is 13.3. The summed E-state index contributed by atoms with van der Waals surface area (Å²) in [4.78, 5) is 10.7. The number of carbonyl (C=O) groups excluding carboxylic acids is 1. The van der Waals surface area contributed by atoms with E-state index < -0.39 is 5.97 Å². The van der Waals surface area contributed by atoms with Gasteiger partial charge in [0.05, 0.1) is 0 Å². The maximum atomic E-state index is 10.7. The van der Waals surface area contributed by atoms with E-state index in [0.717, 1.165) is 10.6 Å². The second kappa shape index (κ2) is 5.77. The van der Waals surface area contributed by atoms with E-state index in [-0.39, 0.29) is 6.10 Å². The Balaban J connectivity index is 4.04. The molecule has 0 heterocycles. The van der Waals surface area contributed by atoms with Gasteiger partial charge in [-0.05, 0) is 13.0 Å². The SMILES string of the molecule is C=CC(=O)O[C@@H](C)/C=C(\Br)C=C. The van der Waals surface area contributed by atoms with Gasteiger partial charge in [0, 0.05) is 10.6 Å². The van der Waals surface area contributed by atoms with Crippen LogP contribution in [0, 0.1) is 0 Å². The number of hydrogen-bond acceptors (Lipinski definition) is 2. The van der Waals surface area contributed by atoms with Crippen molar-refractivity contribution in [2.75, 3.05) is 0 Å². The van der Waals surface area contributed by atoms with Crippen LogP contribution in [0.3, 0.4) is 0 Å². The van der Waals surface area contributed by atoms with E-state index >= 15 is 0 Å². The van der Waals surface area contributed by atoms with Crippen molar-refractivity contribution in [3.8, 4) is 0 Å². The summed E-state index contributed by atoms with van der Waals surface area (Å²) in [6, 6.07) is 0. The summed E-state index contributed by atoms with van der Waals surface area (Å²) in [5.41, 5.74) is 0. The molecule has 0 spiro atoms. The summed E-state index contributed by atoms with van der Waals surface area (Å²) >= 11 is 3.22. The summed E-state index contributed by atoms with van der Waals surface area (Å²) in [5.74, 6) is -0.428. The standard InChI is InChI=1S/C9H11BrO2/c1-4-8(10)6-7(3)12-9(11)5-2/h4-7H,1-2H2,3H3/b8-6-/t7-/m0/s1. The number of halogens is 1. The van der Waals surface area contributed by atoms with Gasteiger partial charge in [-0.25, -0.2) is 4.79 Å². The van der Waals surface area contributed by atoms with Crippen molar-refractivity contribution in [1.82, 2.24) is 0 Å². The number of esters is 1. The molecule has 0 saturated carbocycles. The zero-order chi connectivity index (χ0) is 9.56. The summed E-state index contributed by atoms with van der Waals surface area (Å²) in [5, 5.41) is 0. The highest BCUT2D eigenvalue weighted by Crippen LogP contribution is 2.08. The molecule has 1 atom stereocenters. The molecule has 0 aliphatic carbocycles. The third-order valence-corrected chi connectivity index (χ3v) is 1.65. The van der Waals surface area contributed by atoms with Crippen LogP contribution >= 0.6 is 15.9 Å². The van der Waals surface area contributed by atoms with E-state index in [9.17, 15) is 4.79 Å². The maximum absolute atomic E-state index is 10.7. The van der Waals surface area contributed by atoms with Crippen LogP contribution in [0.4, 0.5) is 0 Å². The third-order valence-electron chi connectivity index (χ3n) is 1.06. The van der Waals surface area contributed by atoms with Crippen LogP contribution in [0.1, 0.15) is 6.92 Å². The minimum atomic E-state index is -0.428. The van der Waals surface area contributed by atoms with Crippen LogP contribution in [0.25, 0.3) is 0 Å². The van der Waals surface area contributed by atoms with Gasteiger partial charge in [-0.2, -0.15) is 0 Å². The van der Waals surface area contributed by atoms with E-state index in [1.165, 1.54) is 0 Å². The second-order valence-electron chi connectivity index (χ2n) is 2.10. The highest BCUT2D eigenvalue weighted by molar-refractivity contribution is 9.11. The first kappa shape index (κ1) is 11.2. The van der Waals surface area contributed by atoms with Gasteiger partial charge in [0.2, 0.25) is 0 Å². The monoisotopic (exact) mass is 230 g/mol. The van der Waals surface area contributed by atoms with E-state index in [1.807, 2.05) is 0 Å². The van der Waals surface area contributed by atoms with Gasteiger partial charge >= 0.3 is 5.97 Å². The molecular weight excluding hydrogens is 220 g/mol. The van der Waals surface area contributed by atoms with Crippen LogP contribution < -0.4 is 0 Å². The predicted molar refractivity (Wildman–Crippen MR) is 53.0 cm³/mol. The van der Waals surface area contributed by atoms with Crippen LogP contribution in [0.2, 0.25) is 0 Å². The molecule has 0 unspecified atom stereocenters. The second-order valence-corrected chi connectivity index (χ2v) is 3.02. The summed E-state index contributed by atoms with van der Waals surface area (Å²) in [7, 11) is 0. The molecule has 0 aromatic rings. The van der Waals surface area contributed by atoms with Crippen molar-refractivity contribution in [3.63, 3.8) is 0 Å². The van der Waals surface area contributed by atoms with Crippen molar-refractivity contribution in [2.45, 2.75) is 13.0 Å². The Bertz CT molecular complexity index is 219. The molecule has 0 saturated heterocycles. The minimum absolute atomic E-state index is 0.275. The number of ether oxygens (including phenoxy) is 1. The molecule has 0 radical (unpaired) electrons. The zero-order valence-electron chi connectivity index (χ0n) is 6.92. The highest BCUT2D eigenvalue weighted by Gasteiger charge is 2.02. The predicted octanol–water partition coefficient (Wildman–Crippen LogP) is 2.57. The van der Waals surface area contributed by atoms with Crippen molar-refractivity contribution < 1.29 is 9.53 Å². The van der Waals surface area contributed by atoms with E-state index in [2.05, 4.69) is 29.1 Å². The van der Waals surface area contributed by atoms with Crippen LogP contribution in [0.5, 0.6) is 0 Å². The molecule has 0 amide bonds. The molecule has 66 valence electrons. The lowest BCUT2D eigenvalue weighted by Crippen LogP contribution is -2.09. The molecular formula is C9H11BrO2. The molecule has 0 bridgehead atoms. The fraction of sp³-hybridized carbons (Fsp3) is 0.222. The van der Waals surface area contributed by atoms with Gasteiger partial charge in [-0.15, -0.1) is 0 Å². The lowest BCUT2D eigenvalue weighted by Gasteiger charge is -2.06.